The molecule has 4 heteroatoms. The van der Waals surface area contributed by atoms with Gasteiger partial charge in [0.05, 0.1) is 4.70 Å². The first kappa shape index (κ1) is 6.42. The zero-order chi connectivity index (χ0) is 7.84. The minimum absolute atomic E-state index is 0.937. The van der Waals surface area contributed by atoms with Crippen molar-refractivity contribution in [2.45, 2.75) is 0 Å². The Morgan fingerprint density at radius 2 is 2.36 bits per heavy atom. The quantitative estimate of drug-likeness (QED) is 0.653. The van der Waals surface area contributed by atoms with Gasteiger partial charge in [0.2, 0.25) is 0 Å². The summed E-state index contributed by atoms with van der Waals surface area (Å²) < 4.78 is 2.17. The molecule has 0 aliphatic heterocycles. The van der Waals surface area contributed by atoms with Crippen LogP contribution in [0, 0.1) is 0 Å². The largest absolute Gasteiger partial charge is 0.464 e. The first-order valence-corrected chi connectivity index (χ1v) is 3.94. The average Bonchev–Trinajstić information content (AvgIpc) is 2.40. The number of hydrogen-bond donors (Lipinski definition) is 1. The monoisotopic (exact) mass is 167 g/mol. The second kappa shape index (κ2) is 2.10. The number of fused-ring (bicyclic) bond motifs is 1. The molecule has 0 saturated heterocycles. The van der Waals surface area contributed by atoms with Crippen LogP contribution in [0.4, 0.5) is 4.79 Å². The van der Waals surface area contributed by atoms with E-state index in [1.54, 1.807) is 23.7 Å². The Morgan fingerprint density at radius 1 is 1.55 bits per heavy atom. The van der Waals surface area contributed by atoms with Gasteiger partial charge in [0.15, 0.2) is 0 Å². The molecular formula is C7H5NO2S. The van der Waals surface area contributed by atoms with E-state index in [4.69, 9.17) is 5.11 Å². The molecule has 2 rings (SSSR count). The Bertz CT molecular complexity index is 373. The molecule has 56 valence electrons. The van der Waals surface area contributed by atoms with E-state index in [2.05, 4.69) is 0 Å². The molecule has 0 amide bonds. The van der Waals surface area contributed by atoms with Gasteiger partial charge in [-0.05, 0) is 11.4 Å². The van der Waals surface area contributed by atoms with Gasteiger partial charge in [-0.3, -0.25) is 4.57 Å². The van der Waals surface area contributed by atoms with Crippen molar-refractivity contribution in [2.24, 2.45) is 0 Å². The number of thiophene rings is 1. The van der Waals surface area contributed by atoms with Crippen molar-refractivity contribution in [3.8, 4) is 0 Å². The zero-order valence-electron chi connectivity index (χ0n) is 5.52. The minimum Gasteiger partial charge on any atom is -0.464 e. The van der Waals surface area contributed by atoms with Crippen LogP contribution in [0.15, 0.2) is 23.8 Å². The van der Waals surface area contributed by atoms with Gasteiger partial charge in [-0.15, -0.1) is 11.3 Å². The van der Waals surface area contributed by atoms with E-state index in [0.29, 0.717) is 0 Å². The maximum Gasteiger partial charge on any atom is 0.415 e. The molecule has 3 nitrogen and oxygen atoms in total. The summed E-state index contributed by atoms with van der Waals surface area (Å²) >= 11 is 1.54. The summed E-state index contributed by atoms with van der Waals surface area (Å²) in [5, 5.41) is 11.5. The molecule has 0 bridgehead atoms. The summed E-state index contributed by atoms with van der Waals surface area (Å²) in [6.07, 6.45) is 2.28. The summed E-state index contributed by atoms with van der Waals surface area (Å²) in [6, 6.07) is 1.90. The van der Waals surface area contributed by atoms with Crippen LogP contribution in [0.1, 0.15) is 0 Å². The number of nitrogens with zero attached hydrogens (tertiary/aromatic N) is 1. The third-order valence-electron chi connectivity index (χ3n) is 1.48. The Morgan fingerprint density at radius 3 is 3.00 bits per heavy atom. The van der Waals surface area contributed by atoms with Crippen molar-refractivity contribution in [1.82, 2.24) is 4.57 Å². The number of carboxylic acid groups (broad SMARTS) is 1. The van der Waals surface area contributed by atoms with Gasteiger partial charge < -0.3 is 5.11 Å². The molecule has 11 heavy (non-hydrogen) atoms. The normalized spacial score (nSPS) is 10.5. The van der Waals surface area contributed by atoms with E-state index in [9.17, 15) is 4.79 Å². The molecule has 0 atom stereocenters. The maximum absolute atomic E-state index is 10.4. The molecule has 1 N–H and O–H groups in total. The van der Waals surface area contributed by atoms with E-state index in [1.165, 1.54) is 4.57 Å². The molecule has 0 aromatic carbocycles. The number of rotatable bonds is 0. The Balaban J connectivity index is 2.67. The highest BCUT2D eigenvalue weighted by atomic mass is 32.1. The highest BCUT2D eigenvalue weighted by Gasteiger charge is 2.03. The Hall–Kier alpha value is -1.29. The predicted molar refractivity (Wildman–Crippen MR) is 43.2 cm³/mol. The molecule has 0 spiro atoms. The van der Waals surface area contributed by atoms with Crippen molar-refractivity contribution in [1.29, 1.82) is 0 Å². The van der Waals surface area contributed by atoms with Crippen LogP contribution in [0.2, 0.25) is 0 Å². The van der Waals surface area contributed by atoms with Gasteiger partial charge in [-0.25, -0.2) is 4.79 Å². The summed E-state index contributed by atoms with van der Waals surface area (Å²) in [6.45, 7) is 0. The highest BCUT2D eigenvalue weighted by Crippen LogP contribution is 2.20. The van der Waals surface area contributed by atoms with Crippen LogP contribution in [0.3, 0.4) is 0 Å². The van der Waals surface area contributed by atoms with E-state index < -0.39 is 6.09 Å². The highest BCUT2D eigenvalue weighted by molar-refractivity contribution is 7.17. The third-order valence-corrected chi connectivity index (χ3v) is 2.35. The molecule has 0 unspecified atom stereocenters. The fourth-order valence-electron chi connectivity index (χ4n) is 0.966. The van der Waals surface area contributed by atoms with Crippen LogP contribution in [0.25, 0.3) is 10.1 Å². The maximum atomic E-state index is 10.4. The zero-order valence-corrected chi connectivity index (χ0v) is 6.34. The lowest BCUT2D eigenvalue weighted by molar-refractivity contribution is 0.196. The fraction of sp³-hybridized carbons (Fsp3) is 0. The smallest absolute Gasteiger partial charge is 0.415 e. The second-order valence-electron chi connectivity index (χ2n) is 2.19. The topological polar surface area (TPSA) is 42.2 Å². The number of carbonyl (C=O) groups is 1. The SMILES string of the molecule is O=C(O)n1cc2ccsc2c1. The first-order valence-electron chi connectivity index (χ1n) is 3.06. The molecule has 0 fully saturated rings. The molecular weight excluding hydrogens is 162 g/mol. The molecule has 2 aromatic rings. The molecule has 0 saturated carbocycles. The average molecular weight is 167 g/mol. The standard InChI is InChI=1S/C7H5NO2S/c9-7(10)8-3-5-1-2-11-6(5)4-8/h1-4H,(H,9,10). The lowest BCUT2D eigenvalue weighted by atomic mass is 10.4. The number of hydrogen-bond acceptors (Lipinski definition) is 2. The second-order valence-corrected chi connectivity index (χ2v) is 3.14. The van der Waals surface area contributed by atoms with Gasteiger partial charge in [0.25, 0.3) is 0 Å². The van der Waals surface area contributed by atoms with Crippen LogP contribution < -0.4 is 0 Å². The summed E-state index contributed by atoms with van der Waals surface area (Å²) in [5.74, 6) is 0. The molecule has 2 heterocycles. The van der Waals surface area contributed by atoms with Crippen molar-refractivity contribution in [2.75, 3.05) is 0 Å². The summed E-state index contributed by atoms with van der Waals surface area (Å²) in [7, 11) is 0. The van der Waals surface area contributed by atoms with Gasteiger partial charge in [0, 0.05) is 17.8 Å². The van der Waals surface area contributed by atoms with Gasteiger partial charge >= 0.3 is 6.09 Å². The van der Waals surface area contributed by atoms with Crippen molar-refractivity contribution >= 4 is 27.5 Å². The minimum atomic E-state index is -0.937. The molecule has 0 aliphatic rings. The number of aromatic nitrogens is 1. The summed E-state index contributed by atoms with van der Waals surface area (Å²) in [5.41, 5.74) is 0. The van der Waals surface area contributed by atoms with E-state index in [-0.39, 0.29) is 0 Å². The van der Waals surface area contributed by atoms with Crippen LogP contribution in [0.5, 0.6) is 0 Å². The first-order chi connectivity index (χ1) is 5.27. The van der Waals surface area contributed by atoms with Gasteiger partial charge in [-0.1, -0.05) is 0 Å². The Labute approximate surface area is 66.5 Å². The lowest BCUT2D eigenvalue weighted by Gasteiger charge is -1.88. The van der Waals surface area contributed by atoms with E-state index in [0.717, 1.165) is 10.1 Å². The lowest BCUT2D eigenvalue weighted by Crippen LogP contribution is -2.03. The fourth-order valence-corrected chi connectivity index (χ4v) is 1.76. The van der Waals surface area contributed by atoms with Crippen molar-refractivity contribution in [3.63, 3.8) is 0 Å². The molecule has 0 radical (unpaired) electrons. The third kappa shape index (κ3) is 0.914. The van der Waals surface area contributed by atoms with Gasteiger partial charge in [0.1, 0.15) is 0 Å². The van der Waals surface area contributed by atoms with E-state index >= 15 is 0 Å². The van der Waals surface area contributed by atoms with Gasteiger partial charge in [-0.2, -0.15) is 0 Å². The summed E-state index contributed by atoms with van der Waals surface area (Å²) in [4.78, 5) is 10.4. The van der Waals surface area contributed by atoms with Crippen molar-refractivity contribution in [3.05, 3.63) is 23.8 Å². The Kier molecular flexibility index (Phi) is 1.22. The molecule has 2 aromatic heterocycles. The van der Waals surface area contributed by atoms with Crippen molar-refractivity contribution < 1.29 is 9.90 Å². The van der Waals surface area contributed by atoms with Crippen LogP contribution in [-0.2, 0) is 0 Å². The van der Waals surface area contributed by atoms with Crippen LogP contribution in [-0.4, -0.2) is 15.8 Å². The van der Waals surface area contributed by atoms with E-state index in [1.807, 2.05) is 11.4 Å². The van der Waals surface area contributed by atoms with Crippen LogP contribution >= 0.6 is 11.3 Å². The predicted octanol–water partition coefficient (Wildman–Crippen LogP) is 2.23. The molecule has 0 aliphatic carbocycles.